The van der Waals surface area contributed by atoms with Crippen LogP contribution in [0, 0.1) is 0 Å². The van der Waals surface area contributed by atoms with E-state index in [2.05, 4.69) is 5.32 Å². The van der Waals surface area contributed by atoms with Gasteiger partial charge in [-0.1, -0.05) is 17.7 Å². The molecule has 0 spiro atoms. The van der Waals surface area contributed by atoms with Crippen LogP contribution in [0.15, 0.2) is 42.5 Å². The largest absolute Gasteiger partial charge is 0.497 e. The van der Waals surface area contributed by atoms with E-state index in [4.69, 9.17) is 25.8 Å². The fraction of sp³-hybridized carbons (Fsp3) is 0.333. The van der Waals surface area contributed by atoms with Gasteiger partial charge in [0.1, 0.15) is 12.3 Å². The van der Waals surface area contributed by atoms with E-state index in [0.717, 1.165) is 0 Å². The molecule has 2 aromatic carbocycles. The van der Waals surface area contributed by atoms with Crippen LogP contribution in [-0.2, 0) is 9.59 Å². The van der Waals surface area contributed by atoms with Crippen molar-refractivity contribution in [3.05, 3.63) is 53.1 Å². The Morgan fingerprint density at radius 1 is 1.16 bits per heavy atom. The third-order valence-corrected chi connectivity index (χ3v) is 4.69. The topological polar surface area (TPSA) is 77.1 Å². The van der Waals surface area contributed by atoms with Crippen LogP contribution in [0.25, 0.3) is 6.08 Å². The summed E-state index contributed by atoms with van der Waals surface area (Å²) in [7, 11) is 3.08. The molecule has 1 N–H and O–H groups in total. The Kier molecular flexibility index (Phi) is 9.40. The Hall–Kier alpha value is -3.19. The summed E-state index contributed by atoms with van der Waals surface area (Å²) in [6, 6.07) is 10.4. The molecule has 0 aromatic heterocycles. The summed E-state index contributed by atoms with van der Waals surface area (Å²) in [5.41, 5.74) is 1.27. The fourth-order valence-corrected chi connectivity index (χ4v) is 3.14. The lowest BCUT2D eigenvalue weighted by Crippen LogP contribution is -2.36. The molecule has 0 radical (unpaired) electrons. The standard InChI is InChI=1S/C24H29ClN2O5/c1-6-27(15-22(28)26-18-8-7-9-19(14-18)30-4)23(29)11-10-17-12-20(25)24(32-16(2)3)21(13-17)31-5/h7-14,16H,6,15H2,1-5H3,(H,26,28)/b11-10+. The molecule has 7 nitrogen and oxygen atoms in total. The summed E-state index contributed by atoms with van der Waals surface area (Å²) in [4.78, 5) is 26.5. The molecule has 0 aliphatic heterocycles. The zero-order valence-corrected chi connectivity index (χ0v) is 19.7. The number of ether oxygens (including phenoxy) is 3. The quantitative estimate of drug-likeness (QED) is 0.522. The van der Waals surface area contributed by atoms with E-state index in [1.54, 1.807) is 49.6 Å². The summed E-state index contributed by atoms with van der Waals surface area (Å²) >= 11 is 6.33. The number of likely N-dealkylation sites (N-methyl/N-ethyl adjacent to an activating group) is 1. The van der Waals surface area contributed by atoms with E-state index in [1.165, 1.54) is 18.1 Å². The second kappa shape index (κ2) is 12.0. The third kappa shape index (κ3) is 7.20. The highest BCUT2D eigenvalue weighted by Gasteiger charge is 2.15. The highest BCUT2D eigenvalue weighted by Crippen LogP contribution is 2.37. The summed E-state index contributed by atoms with van der Waals surface area (Å²) in [5.74, 6) is 0.959. The van der Waals surface area contributed by atoms with Gasteiger partial charge in [0.15, 0.2) is 11.5 Å². The Bertz CT molecular complexity index is 975. The molecule has 0 unspecified atom stereocenters. The van der Waals surface area contributed by atoms with Gasteiger partial charge in [-0.15, -0.1) is 0 Å². The number of hydrogen-bond acceptors (Lipinski definition) is 5. The van der Waals surface area contributed by atoms with Crippen LogP contribution in [0.3, 0.4) is 0 Å². The van der Waals surface area contributed by atoms with Crippen molar-refractivity contribution in [3.63, 3.8) is 0 Å². The zero-order chi connectivity index (χ0) is 23.7. The van der Waals surface area contributed by atoms with Crippen LogP contribution in [0.5, 0.6) is 17.2 Å². The van der Waals surface area contributed by atoms with Crippen molar-refractivity contribution >= 4 is 35.2 Å². The van der Waals surface area contributed by atoms with Crippen LogP contribution in [0.1, 0.15) is 26.3 Å². The van der Waals surface area contributed by atoms with Gasteiger partial charge in [-0.05, 0) is 56.7 Å². The van der Waals surface area contributed by atoms with Crippen LogP contribution in [0.2, 0.25) is 5.02 Å². The van der Waals surface area contributed by atoms with Crippen LogP contribution >= 0.6 is 11.6 Å². The first-order valence-electron chi connectivity index (χ1n) is 10.2. The first-order valence-corrected chi connectivity index (χ1v) is 10.6. The lowest BCUT2D eigenvalue weighted by molar-refractivity contribution is -0.130. The van der Waals surface area contributed by atoms with Gasteiger partial charge in [0, 0.05) is 24.4 Å². The minimum absolute atomic E-state index is 0.0643. The molecule has 8 heteroatoms. The van der Waals surface area contributed by atoms with Crippen molar-refractivity contribution in [2.75, 3.05) is 32.6 Å². The van der Waals surface area contributed by atoms with Gasteiger partial charge >= 0.3 is 0 Å². The number of rotatable bonds is 10. The van der Waals surface area contributed by atoms with E-state index in [1.807, 2.05) is 20.8 Å². The van der Waals surface area contributed by atoms with E-state index >= 15 is 0 Å². The predicted octanol–water partition coefficient (Wildman–Crippen LogP) is 4.64. The molecule has 2 amide bonds. The number of nitrogens with one attached hydrogen (secondary N) is 1. The maximum atomic E-state index is 12.6. The number of methoxy groups -OCH3 is 2. The number of benzene rings is 2. The van der Waals surface area contributed by atoms with E-state index in [-0.39, 0.29) is 24.5 Å². The molecule has 0 heterocycles. The maximum absolute atomic E-state index is 12.6. The van der Waals surface area contributed by atoms with Gasteiger partial charge in [-0.2, -0.15) is 0 Å². The molecule has 0 fully saturated rings. The summed E-state index contributed by atoms with van der Waals surface area (Å²) < 4.78 is 16.2. The second-order valence-corrected chi connectivity index (χ2v) is 7.57. The van der Waals surface area contributed by atoms with Gasteiger partial charge in [-0.25, -0.2) is 0 Å². The van der Waals surface area contributed by atoms with Gasteiger partial charge in [0.05, 0.1) is 25.3 Å². The van der Waals surface area contributed by atoms with Crippen LogP contribution in [0.4, 0.5) is 5.69 Å². The molecule has 2 rings (SSSR count). The minimum atomic E-state index is -0.304. The smallest absolute Gasteiger partial charge is 0.247 e. The van der Waals surface area contributed by atoms with Crippen molar-refractivity contribution in [2.45, 2.75) is 26.9 Å². The third-order valence-electron chi connectivity index (χ3n) is 4.41. The van der Waals surface area contributed by atoms with E-state index < -0.39 is 0 Å². The molecule has 0 aliphatic carbocycles. The molecule has 0 aliphatic rings. The Labute approximate surface area is 193 Å². The van der Waals surface area contributed by atoms with Crippen molar-refractivity contribution in [2.24, 2.45) is 0 Å². The van der Waals surface area contributed by atoms with Crippen molar-refractivity contribution in [3.8, 4) is 17.2 Å². The predicted molar refractivity (Wildman–Crippen MR) is 127 cm³/mol. The summed E-state index contributed by atoms with van der Waals surface area (Å²) in [5, 5.41) is 3.15. The number of carbonyl (C=O) groups excluding carboxylic acids is 2. The van der Waals surface area contributed by atoms with Gasteiger partial charge in [-0.3, -0.25) is 9.59 Å². The van der Waals surface area contributed by atoms with Crippen LogP contribution < -0.4 is 19.5 Å². The minimum Gasteiger partial charge on any atom is -0.497 e. The monoisotopic (exact) mass is 460 g/mol. The number of nitrogens with zero attached hydrogens (tertiary/aromatic N) is 1. The maximum Gasteiger partial charge on any atom is 0.247 e. The zero-order valence-electron chi connectivity index (χ0n) is 19.0. The van der Waals surface area contributed by atoms with Crippen molar-refractivity contribution in [1.82, 2.24) is 4.90 Å². The fourth-order valence-electron chi connectivity index (χ4n) is 2.88. The number of hydrogen-bond donors (Lipinski definition) is 1. The molecule has 172 valence electrons. The average molecular weight is 461 g/mol. The molecule has 0 saturated carbocycles. The van der Waals surface area contributed by atoms with Crippen molar-refractivity contribution in [1.29, 1.82) is 0 Å². The molecular formula is C24H29ClN2O5. The normalized spacial score (nSPS) is 10.8. The van der Waals surface area contributed by atoms with Gasteiger partial charge < -0.3 is 24.4 Å². The first-order chi connectivity index (χ1) is 15.3. The highest BCUT2D eigenvalue weighted by molar-refractivity contribution is 6.32. The average Bonchev–Trinajstić information content (AvgIpc) is 2.77. The van der Waals surface area contributed by atoms with Crippen molar-refractivity contribution < 1.29 is 23.8 Å². The SMILES string of the molecule is CCN(CC(=O)Nc1cccc(OC)c1)C(=O)/C=C/c1cc(Cl)c(OC(C)C)c(OC)c1. The van der Waals surface area contributed by atoms with Crippen LogP contribution in [-0.4, -0.2) is 50.1 Å². The van der Waals surface area contributed by atoms with Gasteiger partial charge in [0.2, 0.25) is 11.8 Å². The number of anilines is 1. The Morgan fingerprint density at radius 3 is 2.53 bits per heavy atom. The molecule has 0 saturated heterocycles. The number of halogens is 1. The number of amides is 2. The lowest BCUT2D eigenvalue weighted by atomic mass is 10.1. The molecule has 0 bridgehead atoms. The molecule has 2 aromatic rings. The van der Waals surface area contributed by atoms with Gasteiger partial charge in [0.25, 0.3) is 0 Å². The Balaban J connectivity index is 2.07. The highest BCUT2D eigenvalue weighted by atomic mass is 35.5. The van der Waals surface area contributed by atoms with E-state index in [0.29, 0.717) is 40.1 Å². The molecule has 32 heavy (non-hydrogen) atoms. The molecular weight excluding hydrogens is 432 g/mol. The Morgan fingerprint density at radius 2 is 1.91 bits per heavy atom. The summed E-state index contributed by atoms with van der Waals surface area (Å²) in [6.07, 6.45) is 2.96. The summed E-state index contributed by atoms with van der Waals surface area (Å²) in [6.45, 7) is 5.89. The number of carbonyl (C=O) groups is 2. The van der Waals surface area contributed by atoms with E-state index in [9.17, 15) is 9.59 Å². The molecule has 0 atom stereocenters. The lowest BCUT2D eigenvalue weighted by Gasteiger charge is -2.19. The second-order valence-electron chi connectivity index (χ2n) is 7.17. The first kappa shape index (κ1) is 25.1.